The van der Waals surface area contributed by atoms with Gasteiger partial charge in [-0.25, -0.2) is 0 Å². The van der Waals surface area contributed by atoms with E-state index in [0.717, 1.165) is 26.2 Å². The van der Waals surface area contributed by atoms with Gasteiger partial charge in [-0.2, -0.15) is 0 Å². The van der Waals surface area contributed by atoms with Crippen molar-refractivity contribution >= 4 is 17.3 Å². The average Bonchev–Trinajstić information content (AvgIpc) is 3.09. The predicted octanol–water partition coefficient (Wildman–Crippen LogP) is 1.95. The van der Waals surface area contributed by atoms with Crippen molar-refractivity contribution in [3.05, 3.63) is 21.9 Å². The zero-order chi connectivity index (χ0) is 13.8. The van der Waals surface area contributed by atoms with Gasteiger partial charge in [-0.3, -0.25) is 9.89 Å². The van der Waals surface area contributed by atoms with E-state index in [1.165, 1.54) is 37.7 Å². The van der Waals surface area contributed by atoms with Crippen molar-refractivity contribution in [1.82, 2.24) is 10.2 Å². The number of thiophene rings is 1. The Morgan fingerprint density at radius 1 is 1.45 bits per heavy atom. The number of rotatable bonds is 4. The highest BCUT2D eigenvalue weighted by Gasteiger charge is 2.17. The fourth-order valence-corrected chi connectivity index (χ4v) is 4.02. The Labute approximate surface area is 125 Å². The first-order valence-corrected chi connectivity index (χ1v) is 8.53. The van der Waals surface area contributed by atoms with Crippen molar-refractivity contribution in [2.45, 2.75) is 44.7 Å². The Hall–Kier alpha value is -1.07. The lowest BCUT2D eigenvalue weighted by molar-refractivity contribution is 0.263. The maximum absolute atomic E-state index is 5.95. The number of aliphatic imine (C=N–C) groups is 1. The lowest BCUT2D eigenvalue weighted by Gasteiger charge is -2.26. The standard InChI is InChI=1S/C15H24N4S/c16-15(18-13-3-1-2-4-13)17-7-9-19-8-5-14-12(11-19)6-10-20-14/h6,10,13H,1-5,7-9,11H2,(H3,16,17,18). The molecule has 0 atom stereocenters. The van der Waals surface area contributed by atoms with E-state index in [1.54, 1.807) is 4.88 Å². The van der Waals surface area contributed by atoms with Gasteiger partial charge in [0, 0.05) is 30.6 Å². The van der Waals surface area contributed by atoms with Crippen LogP contribution in [0.15, 0.2) is 16.4 Å². The minimum absolute atomic E-state index is 0.558. The van der Waals surface area contributed by atoms with E-state index >= 15 is 0 Å². The van der Waals surface area contributed by atoms with Gasteiger partial charge >= 0.3 is 0 Å². The lowest BCUT2D eigenvalue weighted by Crippen LogP contribution is -2.39. The van der Waals surface area contributed by atoms with Crippen LogP contribution in [0.2, 0.25) is 0 Å². The molecule has 110 valence electrons. The number of nitrogens with two attached hydrogens (primary N) is 1. The minimum Gasteiger partial charge on any atom is -0.370 e. The first-order chi connectivity index (χ1) is 9.81. The molecule has 0 bridgehead atoms. The molecule has 1 aliphatic heterocycles. The van der Waals surface area contributed by atoms with Crippen LogP contribution in [0.3, 0.4) is 0 Å². The molecule has 1 fully saturated rings. The Bertz CT molecular complexity index is 462. The van der Waals surface area contributed by atoms with Crippen LogP contribution in [-0.4, -0.2) is 36.5 Å². The summed E-state index contributed by atoms with van der Waals surface area (Å²) in [6.45, 7) is 4.02. The first-order valence-electron chi connectivity index (χ1n) is 7.65. The van der Waals surface area contributed by atoms with Crippen LogP contribution in [0.25, 0.3) is 0 Å². The first kappa shape index (κ1) is 13.9. The van der Waals surface area contributed by atoms with E-state index < -0.39 is 0 Å². The summed E-state index contributed by atoms with van der Waals surface area (Å²) in [6, 6.07) is 2.81. The Morgan fingerprint density at radius 3 is 3.15 bits per heavy atom. The molecular formula is C15H24N4S. The zero-order valence-corrected chi connectivity index (χ0v) is 12.8. The maximum atomic E-state index is 5.95. The third-order valence-corrected chi connectivity index (χ3v) is 5.32. The van der Waals surface area contributed by atoms with Gasteiger partial charge in [0.15, 0.2) is 5.96 Å². The molecule has 1 aromatic rings. The van der Waals surface area contributed by atoms with Crippen LogP contribution >= 0.6 is 11.3 Å². The summed E-state index contributed by atoms with van der Waals surface area (Å²) >= 11 is 1.89. The molecule has 0 aromatic carbocycles. The molecule has 5 heteroatoms. The van der Waals surface area contributed by atoms with Gasteiger partial charge < -0.3 is 11.1 Å². The van der Waals surface area contributed by atoms with Crippen molar-refractivity contribution in [2.75, 3.05) is 19.6 Å². The van der Waals surface area contributed by atoms with Crippen LogP contribution in [0, 0.1) is 0 Å². The van der Waals surface area contributed by atoms with Crippen molar-refractivity contribution in [3.63, 3.8) is 0 Å². The molecule has 1 aliphatic carbocycles. The second-order valence-corrected chi connectivity index (χ2v) is 6.79. The van der Waals surface area contributed by atoms with Gasteiger partial charge in [0.25, 0.3) is 0 Å². The molecular weight excluding hydrogens is 268 g/mol. The fraction of sp³-hybridized carbons (Fsp3) is 0.667. The summed E-state index contributed by atoms with van der Waals surface area (Å²) in [7, 11) is 0. The molecule has 20 heavy (non-hydrogen) atoms. The molecule has 0 radical (unpaired) electrons. The molecule has 3 rings (SSSR count). The third-order valence-electron chi connectivity index (χ3n) is 4.29. The van der Waals surface area contributed by atoms with Crippen molar-refractivity contribution in [1.29, 1.82) is 0 Å². The van der Waals surface area contributed by atoms with Crippen molar-refractivity contribution < 1.29 is 0 Å². The molecule has 0 saturated heterocycles. The quantitative estimate of drug-likeness (QED) is 0.659. The maximum Gasteiger partial charge on any atom is 0.188 e. The molecule has 2 aliphatic rings. The molecule has 2 heterocycles. The van der Waals surface area contributed by atoms with Crippen LogP contribution in [0.4, 0.5) is 0 Å². The van der Waals surface area contributed by atoms with E-state index in [4.69, 9.17) is 5.73 Å². The largest absolute Gasteiger partial charge is 0.370 e. The smallest absolute Gasteiger partial charge is 0.188 e. The number of hydrogen-bond acceptors (Lipinski definition) is 3. The van der Waals surface area contributed by atoms with Gasteiger partial charge in [-0.1, -0.05) is 12.8 Å². The highest BCUT2D eigenvalue weighted by molar-refractivity contribution is 7.10. The number of fused-ring (bicyclic) bond motifs is 1. The van der Waals surface area contributed by atoms with E-state index in [2.05, 4.69) is 26.7 Å². The summed E-state index contributed by atoms with van der Waals surface area (Å²) in [5.74, 6) is 0.630. The van der Waals surface area contributed by atoms with Gasteiger partial charge in [-0.05, 0) is 36.3 Å². The number of nitrogens with zero attached hydrogens (tertiary/aromatic N) is 2. The van der Waals surface area contributed by atoms with Crippen molar-refractivity contribution in [2.24, 2.45) is 10.7 Å². The van der Waals surface area contributed by atoms with Crippen LogP contribution in [0.1, 0.15) is 36.1 Å². The Balaban J connectivity index is 1.41. The van der Waals surface area contributed by atoms with Crippen molar-refractivity contribution in [3.8, 4) is 0 Å². The van der Waals surface area contributed by atoms with E-state index in [0.29, 0.717) is 12.0 Å². The molecule has 1 aromatic heterocycles. The fourth-order valence-electron chi connectivity index (χ4n) is 3.13. The summed E-state index contributed by atoms with van der Waals surface area (Å²) in [6.07, 6.45) is 6.31. The Morgan fingerprint density at radius 2 is 2.30 bits per heavy atom. The van der Waals surface area contributed by atoms with E-state index in [9.17, 15) is 0 Å². The normalized spacial score (nSPS) is 21.1. The van der Waals surface area contributed by atoms with Gasteiger partial charge in [0.2, 0.25) is 0 Å². The lowest BCUT2D eigenvalue weighted by atomic mass is 10.1. The van der Waals surface area contributed by atoms with E-state index in [1.807, 2.05) is 11.3 Å². The summed E-state index contributed by atoms with van der Waals surface area (Å²) < 4.78 is 0. The summed E-state index contributed by atoms with van der Waals surface area (Å²) in [5.41, 5.74) is 7.45. The van der Waals surface area contributed by atoms with Crippen LogP contribution in [0.5, 0.6) is 0 Å². The molecule has 4 nitrogen and oxygen atoms in total. The monoisotopic (exact) mass is 292 g/mol. The molecule has 0 spiro atoms. The number of guanidine groups is 1. The number of hydrogen-bond donors (Lipinski definition) is 2. The minimum atomic E-state index is 0.558. The highest BCUT2D eigenvalue weighted by atomic mass is 32.1. The number of nitrogens with one attached hydrogen (secondary N) is 1. The molecule has 0 unspecified atom stereocenters. The second kappa shape index (κ2) is 6.59. The topological polar surface area (TPSA) is 53.6 Å². The summed E-state index contributed by atoms with van der Waals surface area (Å²) in [5, 5.41) is 5.54. The second-order valence-electron chi connectivity index (χ2n) is 5.79. The van der Waals surface area contributed by atoms with Gasteiger partial charge in [-0.15, -0.1) is 11.3 Å². The van der Waals surface area contributed by atoms with E-state index in [-0.39, 0.29) is 0 Å². The zero-order valence-electron chi connectivity index (χ0n) is 12.0. The van der Waals surface area contributed by atoms with Gasteiger partial charge in [0.1, 0.15) is 0 Å². The molecule has 1 saturated carbocycles. The highest BCUT2D eigenvalue weighted by Crippen LogP contribution is 2.23. The molecule has 0 amide bonds. The Kier molecular flexibility index (Phi) is 4.58. The SMILES string of the molecule is NC(=NCCN1CCc2sccc2C1)NC1CCCC1. The third kappa shape index (κ3) is 3.52. The predicted molar refractivity (Wildman–Crippen MR) is 85.2 cm³/mol. The summed E-state index contributed by atoms with van der Waals surface area (Å²) in [4.78, 5) is 8.51. The van der Waals surface area contributed by atoms with Crippen LogP contribution < -0.4 is 11.1 Å². The average molecular weight is 292 g/mol. The van der Waals surface area contributed by atoms with Gasteiger partial charge in [0.05, 0.1) is 6.54 Å². The van der Waals surface area contributed by atoms with Crippen LogP contribution in [-0.2, 0) is 13.0 Å². The molecule has 3 N–H and O–H groups in total.